The Morgan fingerprint density at radius 2 is 0.833 bits per heavy atom. The molecule has 24 heavy (non-hydrogen) atoms. The zero-order chi connectivity index (χ0) is 16.9. The van der Waals surface area contributed by atoms with Gasteiger partial charge in [0, 0.05) is 22.3 Å². The molecule has 0 aromatic heterocycles. The molecule has 5 heteroatoms. The van der Waals surface area contributed by atoms with Gasteiger partial charge in [-0.25, -0.2) is 0 Å². The molecule has 0 radical (unpaired) electrons. The Morgan fingerprint density at radius 3 is 1.08 bits per heavy atom. The molecule has 0 amide bonds. The highest BCUT2D eigenvalue weighted by Crippen LogP contribution is 2.62. The number of fused-ring (bicyclic) bond motifs is 3. The highest BCUT2D eigenvalue weighted by molar-refractivity contribution is 6.49. The minimum atomic E-state index is -1.72. The third-order valence-corrected chi connectivity index (χ3v) is 5.63. The fraction of sp³-hybridized carbons (Fsp3) is 0.158. The number of carbonyl (C=O) groups is 4. The molecule has 5 rings (SSSR count). The van der Waals surface area contributed by atoms with Crippen molar-refractivity contribution in [2.45, 2.75) is 11.1 Å². The number of hydrogen-bond acceptors (Lipinski definition) is 5. The number of Topliss-reactive ketones (excluding diaryl/α,β-unsaturated/α-hetero) is 4. The van der Waals surface area contributed by atoms with E-state index in [2.05, 4.69) is 0 Å². The van der Waals surface area contributed by atoms with Crippen LogP contribution in [0.25, 0.3) is 0 Å². The average molecular weight is 317 g/mol. The van der Waals surface area contributed by atoms with Crippen molar-refractivity contribution in [1.29, 1.82) is 0 Å². The molecule has 0 unspecified atom stereocenters. The van der Waals surface area contributed by atoms with Gasteiger partial charge in [0.25, 0.3) is 0 Å². The zero-order valence-corrected chi connectivity index (χ0v) is 12.7. The Hall–Kier alpha value is -2.92. The number of benzene rings is 2. The topological polar surface area (TPSA) is 71.3 Å². The quantitative estimate of drug-likeness (QED) is 0.545. The Bertz CT molecular complexity index is 868. The van der Waals surface area contributed by atoms with Crippen molar-refractivity contribution < 1.29 is 19.2 Å². The summed E-state index contributed by atoms with van der Waals surface area (Å²) in [6.07, 6.45) is 0. The first kappa shape index (κ1) is 13.5. The molecule has 1 fully saturated rings. The van der Waals surface area contributed by atoms with E-state index < -0.39 is 34.2 Å². The van der Waals surface area contributed by atoms with Crippen molar-refractivity contribution in [3.63, 3.8) is 0 Å². The van der Waals surface area contributed by atoms with Crippen LogP contribution in [0.2, 0.25) is 0 Å². The van der Waals surface area contributed by atoms with Gasteiger partial charge in [-0.05, 0) is 7.05 Å². The number of carbonyl (C=O) groups excluding carboxylic acids is 4. The van der Waals surface area contributed by atoms with E-state index in [0.29, 0.717) is 0 Å². The van der Waals surface area contributed by atoms with Crippen LogP contribution in [0.15, 0.2) is 48.5 Å². The van der Waals surface area contributed by atoms with Gasteiger partial charge in [-0.1, -0.05) is 48.5 Å². The van der Waals surface area contributed by atoms with Crippen molar-refractivity contribution in [2.24, 2.45) is 0 Å². The maximum Gasteiger partial charge on any atom is 0.194 e. The van der Waals surface area contributed by atoms with Gasteiger partial charge in [0.15, 0.2) is 34.2 Å². The summed E-state index contributed by atoms with van der Waals surface area (Å²) in [6, 6.07) is 13.0. The standard InChI is InChI=1S/C19H11NO4/c1-20-18(14(21)10-6-2-3-7-11(10)15(18)22)19(20)16(23)12-8-4-5-9-13(12)17(19)24/h2-9H,1H3. The molecule has 2 aromatic rings. The van der Waals surface area contributed by atoms with E-state index in [1.807, 2.05) is 0 Å². The lowest BCUT2D eigenvalue weighted by atomic mass is 9.84. The summed E-state index contributed by atoms with van der Waals surface area (Å²) in [7, 11) is 1.50. The van der Waals surface area contributed by atoms with E-state index in [1.165, 1.54) is 11.9 Å². The van der Waals surface area contributed by atoms with Gasteiger partial charge < -0.3 is 0 Å². The van der Waals surface area contributed by atoms with Crippen molar-refractivity contribution in [3.05, 3.63) is 70.8 Å². The fourth-order valence-corrected chi connectivity index (χ4v) is 4.51. The molecule has 1 saturated heterocycles. The molecule has 5 nitrogen and oxygen atoms in total. The van der Waals surface area contributed by atoms with Gasteiger partial charge in [0.2, 0.25) is 0 Å². The largest absolute Gasteiger partial charge is 0.291 e. The van der Waals surface area contributed by atoms with Crippen molar-refractivity contribution in [2.75, 3.05) is 7.05 Å². The lowest BCUT2D eigenvalue weighted by Gasteiger charge is -2.07. The molecule has 0 atom stereocenters. The number of nitrogens with zero attached hydrogens (tertiary/aromatic N) is 1. The van der Waals surface area contributed by atoms with Crippen molar-refractivity contribution >= 4 is 23.1 Å². The van der Waals surface area contributed by atoms with Crippen LogP contribution in [0.1, 0.15) is 41.4 Å². The number of ketones is 4. The molecule has 1 heterocycles. The van der Waals surface area contributed by atoms with E-state index in [-0.39, 0.29) is 22.3 Å². The predicted molar refractivity (Wildman–Crippen MR) is 83.4 cm³/mol. The van der Waals surface area contributed by atoms with Gasteiger partial charge in [-0.15, -0.1) is 0 Å². The van der Waals surface area contributed by atoms with Gasteiger partial charge in [-0.3, -0.25) is 24.1 Å². The Balaban J connectivity index is 1.78. The second-order valence-corrected chi connectivity index (χ2v) is 6.39. The first-order valence-electron chi connectivity index (χ1n) is 7.62. The second-order valence-electron chi connectivity index (χ2n) is 6.39. The average Bonchev–Trinajstić information content (AvgIpc) is 3.01. The molecule has 0 N–H and O–H groups in total. The van der Waals surface area contributed by atoms with Crippen LogP contribution in [0.3, 0.4) is 0 Å². The minimum absolute atomic E-state index is 0.280. The summed E-state index contributed by atoms with van der Waals surface area (Å²) >= 11 is 0. The van der Waals surface area contributed by atoms with Crippen LogP contribution in [-0.4, -0.2) is 46.2 Å². The first-order valence-corrected chi connectivity index (χ1v) is 7.62. The van der Waals surface area contributed by atoms with E-state index in [9.17, 15) is 19.2 Å². The fourth-order valence-electron chi connectivity index (χ4n) is 4.51. The van der Waals surface area contributed by atoms with Crippen molar-refractivity contribution in [3.8, 4) is 0 Å². The highest BCUT2D eigenvalue weighted by Gasteiger charge is 2.91. The lowest BCUT2D eigenvalue weighted by Crippen LogP contribution is -2.43. The Morgan fingerprint density at radius 1 is 0.583 bits per heavy atom. The van der Waals surface area contributed by atoms with Crippen LogP contribution in [-0.2, 0) is 0 Å². The lowest BCUT2D eigenvalue weighted by molar-refractivity contribution is 0.0770. The minimum Gasteiger partial charge on any atom is -0.291 e. The molecule has 2 aliphatic carbocycles. The summed E-state index contributed by atoms with van der Waals surface area (Å²) in [4.78, 5) is 53.5. The molecule has 0 saturated carbocycles. The summed E-state index contributed by atoms with van der Waals surface area (Å²) in [6.45, 7) is 0. The third-order valence-electron chi connectivity index (χ3n) is 5.63. The number of likely N-dealkylation sites (N-methyl/N-ethyl adjacent to an activating group) is 1. The molecule has 0 bridgehead atoms. The highest BCUT2D eigenvalue weighted by atomic mass is 16.2. The third kappa shape index (κ3) is 1.02. The summed E-state index contributed by atoms with van der Waals surface area (Å²) in [5.74, 6) is -1.83. The second kappa shape index (κ2) is 3.76. The molecule has 116 valence electrons. The summed E-state index contributed by atoms with van der Waals surface area (Å²) in [5, 5.41) is 0. The van der Waals surface area contributed by atoms with Crippen LogP contribution in [0.5, 0.6) is 0 Å². The zero-order valence-electron chi connectivity index (χ0n) is 12.7. The van der Waals surface area contributed by atoms with Gasteiger partial charge in [-0.2, -0.15) is 0 Å². The molecule has 2 aromatic carbocycles. The molecule has 1 aliphatic heterocycles. The predicted octanol–water partition coefficient (Wildman–Crippen LogP) is 1.57. The van der Waals surface area contributed by atoms with E-state index in [0.717, 1.165) is 0 Å². The van der Waals surface area contributed by atoms with Crippen molar-refractivity contribution in [1.82, 2.24) is 4.90 Å². The number of rotatable bonds is 0. The van der Waals surface area contributed by atoms with E-state index in [1.54, 1.807) is 48.5 Å². The van der Waals surface area contributed by atoms with Crippen LogP contribution < -0.4 is 0 Å². The maximum absolute atomic E-state index is 13.0. The smallest absolute Gasteiger partial charge is 0.194 e. The van der Waals surface area contributed by atoms with Crippen LogP contribution >= 0.6 is 0 Å². The van der Waals surface area contributed by atoms with E-state index in [4.69, 9.17) is 0 Å². The molecular weight excluding hydrogens is 306 g/mol. The Labute approximate surface area is 136 Å². The molecular formula is C19H11NO4. The van der Waals surface area contributed by atoms with E-state index >= 15 is 0 Å². The van der Waals surface area contributed by atoms with Gasteiger partial charge in [0.05, 0.1) is 0 Å². The summed E-state index contributed by atoms with van der Waals surface area (Å²) < 4.78 is 0. The Kier molecular flexibility index (Phi) is 2.12. The number of hydrogen-bond donors (Lipinski definition) is 0. The normalized spacial score (nSPS) is 24.6. The van der Waals surface area contributed by atoms with Gasteiger partial charge >= 0.3 is 0 Å². The van der Waals surface area contributed by atoms with Crippen LogP contribution in [0, 0.1) is 0 Å². The first-order chi connectivity index (χ1) is 11.5. The molecule has 2 spiro atoms. The summed E-state index contributed by atoms with van der Waals surface area (Å²) in [5.41, 5.74) is -2.32. The molecule has 3 aliphatic rings. The monoisotopic (exact) mass is 317 g/mol. The van der Waals surface area contributed by atoms with Gasteiger partial charge in [0.1, 0.15) is 0 Å². The maximum atomic E-state index is 13.0. The van der Waals surface area contributed by atoms with Crippen LogP contribution in [0.4, 0.5) is 0 Å². The SMILES string of the molecule is CN1C2(C(=O)c3ccccc3C2=O)C12C(=O)c1ccccc1C2=O.